The van der Waals surface area contributed by atoms with Crippen LogP contribution in [-0.4, -0.2) is 25.2 Å². The first kappa shape index (κ1) is 20.1. The van der Waals surface area contributed by atoms with E-state index in [1.807, 2.05) is 6.92 Å². The van der Waals surface area contributed by atoms with E-state index in [0.29, 0.717) is 24.3 Å². The van der Waals surface area contributed by atoms with E-state index >= 15 is 0 Å². The molecule has 0 unspecified atom stereocenters. The van der Waals surface area contributed by atoms with Gasteiger partial charge in [-0.3, -0.25) is 10.3 Å². The maximum Gasteiger partial charge on any atom is 0.322 e. The highest BCUT2D eigenvalue weighted by atomic mass is 32.2. The Kier molecular flexibility index (Phi) is 5.85. The number of carbonyl (C=O) groups excluding carboxylic acids is 1. The van der Waals surface area contributed by atoms with Crippen molar-refractivity contribution < 1.29 is 17.9 Å². The maximum absolute atomic E-state index is 12.6. The first-order chi connectivity index (χ1) is 13.3. The van der Waals surface area contributed by atoms with E-state index < -0.39 is 21.8 Å². The molecule has 1 aliphatic carbocycles. The van der Waals surface area contributed by atoms with Crippen molar-refractivity contribution in [3.63, 3.8) is 0 Å². The van der Waals surface area contributed by atoms with Gasteiger partial charge in [0.1, 0.15) is 5.75 Å². The maximum atomic E-state index is 12.6. The van der Waals surface area contributed by atoms with Crippen molar-refractivity contribution in [3.05, 3.63) is 48.3 Å². The highest BCUT2D eigenvalue weighted by Crippen LogP contribution is 2.32. The number of aromatic nitrogens is 1. The van der Waals surface area contributed by atoms with Gasteiger partial charge in [0, 0.05) is 25.1 Å². The minimum absolute atomic E-state index is 0.0357. The Labute approximate surface area is 164 Å². The van der Waals surface area contributed by atoms with Gasteiger partial charge in [0.05, 0.1) is 16.8 Å². The lowest BCUT2D eigenvalue weighted by Crippen LogP contribution is -2.55. The lowest BCUT2D eigenvalue weighted by molar-refractivity contribution is 0.00982. The second-order valence-corrected chi connectivity index (χ2v) is 8.51. The first-order valence-electron chi connectivity index (χ1n) is 9.09. The van der Waals surface area contributed by atoms with Crippen LogP contribution in [0.4, 0.5) is 10.5 Å². The van der Waals surface area contributed by atoms with Crippen LogP contribution in [0, 0.1) is 6.92 Å². The van der Waals surface area contributed by atoms with Gasteiger partial charge >= 0.3 is 6.03 Å². The topological polar surface area (TPSA) is 123 Å². The van der Waals surface area contributed by atoms with Gasteiger partial charge in [0.15, 0.2) is 5.72 Å². The third-order valence-electron chi connectivity index (χ3n) is 4.74. The molecule has 1 aliphatic rings. The lowest BCUT2D eigenvalue weighted by atomic mass is 9.91. The third-order valence-corrected chi connectivity index (χ3v) is 5.65. The van der Waals surface area contributed by atoms with Crippen LogP contribution in [-0.2, 0) is 10.0 Å². The van der Waals surface area contributed by atoms with Crippen molar-refractivity contribution in [2.45, 2.75) is 49.6 Å². The average Bonchev–Trinajstić information content (AvgIpc) is 2.64. The number of nitrogens with one attached hydrogen (secondary N) is 2. The predicted octanol–water partition coefficient (Wildman–Crippen LogP) is 2.90. The molecule has 3 rings (SSSR count). The van der Waals surface area contributed by atoms with Crippen molar-refractivity contribution in [2.75, 3.05) is 5.32 Å². The molecule has 2 aromatic rings. The molecule has 28 heavy (non-hydrogen) atoms. The Balaban J connectivity index is 1.79. The Morgan fingerprint density at radius 2 is 1.96 bits per heavy atom. The largest absolute Gasteiger partial charge is 0.468 e. The molecule has 4 N–H and O–H groups in total. The van der Waals surface area contributed by atoms with Crippen molar-refractivity contribution >= 4 is 21.7 Å². The van der Waals surface area contributed by atoms with Crippen molar-refractivity contribution in [1.29, 1.82) is 0 Å². The van der Waals surface area contributed by atoms with Crippen LogP contribution in [0.3, 0.4) is 0 Å². The number of pyridine rings is 1. The summed E-state index contributed by atoms with van der Waals surface area (Å²) in [5.74, 6) is 0.339. The molecule has 8 nitrogen and oxygen atoms in total. The zero-order chi connectivity index (χ0) is 20.2. The van der Waals surface area contributed by atoms with Crippen LogP contribution < -0.4 is 20.5 Å². The van der Waals surface area contributed by atoms with Crippen LogP contribution in [0.25, 0.3) is 0 Å². The Bertz CT molecular complexity index is 956. The summed E-state index contributed by atoms with van der Waals surface area (Å²) in [4.78, 5) is 16.6. The second kappa shape index (κ2) is 8.15. The normalized spacial score (nSPS) is 16.2. The fourth-order valence-electron chi connectivity index (χ4n) is 3.27. The number of nitrogens with zero attached hydrogens (tertiary/aromatic N) is 1. The Morgan fingerprint density at radius 3 is 2.64 bits per heavy atom. The van der Waals surface area contributed by atoms with E-state index in [2.05, 4.69) is 15.6 Å². The van der Waals surface area contributed by atoms with Gasteiger partial charge in [0.2, 0.25) is 10.0 Å². The van der Waals surface area contributed by atoms with Gasteiger partial charge in [-0.2, -0.15) is 0 Å². The molecule has 1 aromatic carbocycles. The van der Waals surface area contributed by atoms with Gasteiger partial charge in [0.25, 0.3) is 0 Å². The molecule has 0 saturated heterocycles. The van der Waals surface area contributed by atoms with Crippen LogP contribution in [0.1, 0.15) is 37.7 Å². The number of carbonyl (C=O) groups is 1. The van der Waals surface area contributed by atoms with E-state index in [-0.39, 0.29) is 4.90 Å². The van der Waals surface area contributed by atoms with E-state index in [0.717, 1.165) is 24.8 Å². The number of aryl methyl sites for hydroxylation is 1. The second-order valence-electron chi connectivity index (χ2n) is 6.95. The predicted molar refractivity (Wildman–Crippen MR) is 105 cm³/mol. The summed E-state index contributed by atoms with van der Waals surface area (Å²) in [5, 5.41) is 10.9. The molecular formula is C19H24N4O4S. The number of rotatable bonds is 5. The monoisotopic (exact) mass is 404 g/mol. The number of urea groups is 1. The summed E-state index contributed by atoms with van der Waals surface area (Å²) < 4.78 is 29.3. The summed E-state index contributed by atoms with van der Waals surface area (Å²) in [5.41, 5.74) is 0.585. The van der Waals surface area contributed by atoms with Crippen molar-refractivity contribution in [2.24, 2.45) is 5.14 Å². The fraction of sp³-hybridized carbons (Fsp3) is 0.368. The Hall–Kier alpha value is -2.65. The number of amides is 2. The lowest BCUT2D eigenvalue weighted by Gasteiger charge is -2.38. The molecule has 1 aromatic heterocycles. The molecule has 0 aliphatic heterocycles. The molecular weight excluding hydrogens is 380 g/mol. The van der Waals surface area contributed by atoms with Gasteiger partial charge in [-0.15, -0.1) is 0 Å². The number of ether oxygens (including phenoxy) is 1. The van der Waals surface area contributed by atoms with Gasteiger partial charge in [-0.05, 0) is 43.5 Å². The van der Waals surface area contributed by atoms with Crippen molar-refractivity contribution in [3.8, 4) is 5.75 Å². The number of anilines is 1. The van der Waals surface area contributed by atoms with Gasteiger partial charge in [-0.1, -0.05) is 12.5 Å². The van der Waals surface area contributed by atoms with E-state index in [9.17, 15) is 13.2 Å². The minimum Gasteiger partial charge on any atom is -0.468 e. The number of sulfonamides is 1. The molecule has 0 bridgehead atoms. The van der Waals surface area contributed by atoms with E-state index in [1.54, 1.807) is 30.6 Å². The van der Waals surface area contributed by atoms with Crippen molar-refractivity contribution in [1.82, 2.24) is 10.3 Å². The molecule has 1 saturated carbocycles. The molecule has 1 fully saturated rings. The number of hydrogen-bond donors (Lipinski definition) is 3. The average molecular weight is 404 g/mol. The minimum atomic E-state index is -3.84. The van der Waals surface area contributed by atoms with Crippen LogP contribution in [0.2, 0.25) is 0 Å². The van der Waals surface area contributed by atoms with Gasteiger partial charge in [-0.25, -0.2) is 18.4 Å². The molecule has 0 radical (unpaired) electrons. The van der Waals surface area contributed by atoms with Gasteiger partial charge < -0.3 is 10.1 Å². The summed E-state index contributed by atoms with van der Waals surface area (Å²) in [6, 6.07) is 7.39. The van der Waals surface area contributed by atoms with E-state index in [1.165, 1.54) is 12.1 Å². The number of primary sulfonamides is 1. The summed E-state index contributed by atoms with van der Waals surface area (Å²) in [7, 11) is -3.84. The zero-order valence-corrected chi connectivity index (χ0v) is 16.5. The molecule has 0 spiro atoms. The number of benzene rings is 1. The van der Waals surface area contributed by atoms with Crippen LogP contribution >= 0.6 is 0 Å². The number of hydrogen-bond acceptors (Lipinski definition) is 5. The first-order valence-corrected chi connectivity index (χ1v) is 10.6. The van der Waals surface area contributed by atoms with E-state index in [4.69, 9.17) is 9.88 Å². The smallest absolute Gasteiger partial charge is 0.322 e. The standard InChI is InChI=1S/C19H24N4O4S/c1-14-8-11-21-13-17(14)22-18(24)23-19(9-3-2-4-10-19)27-15-6-5-7-16(12-15)28(20,25)26/h5-8,11-13H,2-4,9-10H2,1H3,(H2,20,25,26)(H2,22,23,24). The SMILES string of the molecule is Cc1ccncc1NC(=O)NC1(Oc2cccc(S(N)(=O)=O)c2)CCCCC1. The fourth-order valence-corrected chi connectivity index (χ4v) is 3.82. The quantitative estimate of drug-likeness (QED) is 0.661. The molecule has 9 heteroatoms. The highest BCUT2D eigenvalue weighted by Gasteiger charge is 2.36. The number of nitrogens with two attached hydrogens (primary N) is 1. The summed E-state index contributed by atoms with van der Waals surface area (Å²) in [6.45, 7) is 1.88. The van der Waals surface area contributed by atoms with Crippen LogP contribution in [0.15, 0.2) is 47.6 Å². The molecule has 0 atom stereocenters. The molecule has 150 valence electrons. The summed E-state index contributed by atoms with van der Waals surface area (Å²) >= 11 is 0. The third kappa shape index (κ3) is 4.99. The summed E-state index contributed by atoms with van der Waals surface area (Å²) in [6.07, 6.45) is 7.30. The Morgan fingerprint density at radius 1 is 1.21 bits per heavy atom. The highest BCUT2D eigenvalue weighted by molar-refractivity contribution is 7.89. The van der Waals surface area contributed by atoms with Crippen LogP contribution in [0.5, 0.6) is 5.75 Å². The molecule has 2 amide bonds. The molecule has 1 heterocycles. The zero-order valence-electron chi connectivity index (χ0n) is 15.6.